The normalized spacial score (nSPS) is 25.2. The Kier molecular flexibility index (Phi) is 7.10. The van der Waals surface area contributed by atoms with Gasteiger partial charge in [-0.1, -0.05) is 36.4 Å². The van der Waals surface area contributed by atoms with Crippen LogP contribution in [0, 0.1) is 11.8 Å². The van der Waals surface area contributed by atoms with Gasteiger partial charge in [0.05, 0.1) is 10.9 Å². The Balaban J connectivity index is 1.50. The van der Waals surface area contributed by atoms with Crippen LogP contribution in [0.5, 0.6) is 0 Å². The van der Waals surface area contributed by atoms with E-state index >= 15 is 0 Å². The van der Waals surface area contributed by atoms with Crippen molar-refractivity contribution in [1.29, 1.82) is 0 Å². The lowest BCUT2D eigenvalue weighted by Gasteiger charge is -2.45. The molecule has 2 fully saturated rings. The number of benzene rings is 2. The molecule has 1 saturated heterocycles. The Hall–Kier alpha value is -1.99. The zero-order valence-corrected chi connectivity index (χ0v) is 20.3. The molecule has 4 nitrogen and oxygen atoms in total. The monoisotopic (exact) mass is 476 g/mol. The minimum Gasteiger partial charge on any atom is -0.368 e. The number of alkyl halides is 2. The first-order valence-electron chi connectivity index (χ1n) is 11.8. The molecule has 2 aromatic rings. The molecule has 1 aliphatic carbocycles. The molecule has 0 radical (unpaired) electrons. The molecule has 1 saturated carbocycles. The minimum atomic E-state index is -3.27. The highest BCUT2D eigenvalue weighted by Crippen LogP contribution is 2.40. The van der Waals surface area contributed by atoms with E-state index in [0.29, 0.717) is 23.7 Å². The van der Waals surface area contributed by atoms with Gasteiger partial charge in [-0.2, -0.15) is 0 Å². The summed E-state index contributed by atoms with van der Waals surface area (Å²) in [5.74, 6) is -2.63. The van der Waals surface area contributed by atoms with Crippen LogP contribution in [0.2, 0.25) is 0 Å². The summed E-state index contributed by atoms with van der Waals surface area (Å²) in [4.78, 5) is 5.10. The molecule has 2 aromatic carbocycles. The fourth-order valence-corrected chi connectivity index (χ4v) is 6.02. The van der Waals surface area contributed by atoms with Gasteiger partial charge in [-0.05, 0) is 62.3 Å². The second-order valence-electron chi connectivity index (χ2n) is 9.81. The molecule has 2 aliphatic rings. The van der Waals surface area contributed by atoms with Crippen molar-refractivity contribution < 1.29 is 17.2 Å². The van der Waals surface area contributed by atoms with Crippen LogP contribution in [0.4, 0.5) is 14.5 Å². The van der Waals surface area contributed by atoms with E-state index in [4.69, 9.17) is 0 Å². The number of nitrogens with zero attached hydrogens (tertiary/aromatic N) is 2. The SMILES string of the molecule is CC(F)(F)C1CCC(CN2CCN(c3cccc(S(C)(=O)=O)c3)C[C@H]2c2ccccc2)CC1. The lowest BCUT2D eigenvalue weighted by molar-refractivity contribution is -0.0597. The third kappa shape index (κ3) is 5.93. The third-order valence-corrected chi connectivity index (χ3v) is 8.45. The zero-order valence-electron chi connectivity index (χ0n) is 19.5. The van der Waals surface area contributed by atoms with Gasteiger partial charge in [0.1, 0.15) is 0 Å². The van der Waals surface area contributed by atoms with Gasteiger partial charge in [0.15, 0.2) is 9.84 Å². The molecule has 0 amide bonds. The van der Waals surface area contributed by atoms with E-state index in [2.05, 4.69) is 21.9 Å². The Labute approximate surface area is 196 Å². The molecule has 180 valence electrons. The number of sulfone groups is 1. The summed E-state index contributed by atoms with van der Waals surface area (Å²) >= 11 is 0. The Bertz CT molecular complexity index is 1030. The minimum absolute atomic E-state index is 0.173. The van der Waals surface area contributed by atoms with Gasteiger partial charge < -0.3 is 4.90 Å². The average molecular weight is 477 g/mol. The third-order valence-electron chi connectivity index (χ3n) is 7.34. The molecule has 0 N–H and O–H groups in total. The number of anilines is 1. The molecule has 1 aliphatic heterocycles. The van der Waals surface area contributed by atoms with E-state index in [1.54, 1.807) is 18.2 Å². The van der Waals surface area contributed by atoms with Crippen LogP contribution in [0.15, 0.2) is 59.5 Å². The highest BCUT2D eigenvalue weighted by atomic mass is 32.2. The molecule has 0 aromatic heterocycles. The number of hydrogen-bond donors (Lipinski definition) is 0. The fourth-order valence-electron chi connectivity index (χ4n) is 5.36. The molecule has 1 heterocycles. The van der Waals surface area contributed by atoms with Crippen molar-refractivity contribution in [1.82, 2.24) is 4.90 Å². The van der Waals surface area contributed by atoms with Crippen LogP contribution in [0.3, 0.4) is 0 Å². The summed E-state index contributed by atoms with van der Waals surface area (Å²) in [6.07, 6.45) is 4.14. The van der Waals surface area contributed by atoms with Gasteiger partial charge >= 0.3 is 0 Å². The average Bonchev–Trinajstić information content (AvgIpc) is 2.79. The first-order valence-corrected chi connectivity index (χ1v) is 13.7. The Morgan fingerprint density at radius 1 is 0.970 bits per heavy atom. The van der Waals surface area contributed by atoms with Crippen molar-refractivity contribution in [3.63, 3.8) is 0 Å². The van der Waals surface area contributed by atoms with Crippen LogP contribution in [-0.2, 0) is 9.84 Å². The maximum Gasteiger partial charge on any atom is 0.248 e. The second-order valence-corrected chi connectivity index (χ2v) is 11.8. The maximum atomic E-state index is 13.7. The summed E-state index contributed by atoms with van der Waals surface area (Å²) in [5, 5.41) is 0. The van der Waals surface area contributed by atoms with Crippen molar-refractivity contribution in [2.45, 2.75) is 49.5 Å². The molecule has 1 atom stereocenters. The van der Waals surface area contributed by atoms with E-state index in [0.717, 1.165) is 51.6 Å². The van der Waals surface area contributed by atoms with Gasteiger partial charge in [-0.3, -0.25) is 4.90 Å². The standard InChI is InChI=1S/C26H34F2N2O2S/c1-26(27,28)22-13-11-20(12-14-22)18-30-16-15-29(19-25(30)21-7-4-3-5-8-21)23-9-6-10-24(17-23)33(2,31)32/h3-10,17,20,22,25H,11-16,18-19H2,1-2H3/t20?,22?,25-/m0/s1. The highest BCUT2D eigenvalue weighted by Gasteiger charge is 2.38. The lowest BCUT2D eigenvalue weighted by atomic mass is 9.79. The molecule has 7 heteroatoms. The van der Waals surface area contributed by atoms with Gasteiger partial charge in [0, 0.05) is 44.0 Å². The van der Waals surface area contributed by atoms with Crippen molar-refractivity contribution in [3.8, 4) is 0 Å². The molecule has 0 bridgehead atoms. The first kappa shape index (κ1) is 24.1. The van der Waals surface area contributed by atoms with E-state index in [1.807, 2.05) is 24.3 Å². The molecule has 0 unspecified atom stereocenters. The highest BCUT2D eigenvalue weighted by molar-refractivity contribution is 7.90. The largest absolute Gasteiger partial charge is 0.368 e. The predicted octanol–water partition coefficient (Wildman–Crippen LogP) is 5.42. The summed E-state index contributed by atoms with van der Waals surface area (Å²) in [6, 6.07) is 17.7. The van der Waals surface area contributed by atoms with Crippen LogP contribution < -0.4 is 4.90 Å². The van der Waals surface area contributed by atoms with E-state index in [-0.39, 0.29) is 6.04 Å². The summed E-state index contributed by atoms with van der Waals surface area (Å²) < 4.78 is 51.5. The molecule has 4 rings (SSSR count). The van der Waals surface area contributed by atoms with Gasteiger partial charge in [0.2, 0.25) is 5.92 Å². The van der Waals surface area contributed by atoms with Gasteiger partial charge in [-0.15, -0.1) is 0 Å². The molecule has 0 spiro atoms. The van der Waals surface area contributed by atoms with Crippen molar-refractivity contribution in [3.05, 3.63) is 60.2 Å². The van der Waals surface area contributed by atoms with Crippen molar-refractivity contribution in [2.75, 3.05) is 37.3 Å². The van der Waals surface area contributed by atoms with Crippen LogP contribution in [-0.4, -0.2) is 51.7 Å². The quantitative estimate of drug-likeness (QED) is 0.559. The Morgan fingerprint density at radius 3 is 2.30 bits per heavy atom. The van der Waals surface area contributed by atoms with Crippen molar-refractivity contribution in [2.24, 2.45) is 11.8 Å². The summed E-state index contributed by atoms with van der Waals surface area (Å²) in [7, 11) is -3.27. The smallest absolute Gasteiger partial charge is 0.248 e. The number of halogens is 2. The second kappa shape index (κ2) is 9.71. The van der Waals surface area contributed by atoms with Gasteiger partial charge in [0.25, 0.3) is 0 Å². The summed E-state index contributed by atoms with van der Waals surface area (Å²) in [6.45, 7) is 4.39. The van der Waals surface area contributed by atoms with E-state index in [9.17, 15) is 17.2 Å². The van der Waals surface area contributed by atoms with E-state index < -0.39 is 21.7 Å². The van der Waals surface area contributed by atoms with E-state index in [1.165, 1.54) is 11.8 Å². The fraction of sp³-hybridized carbons (Fsp3) is 0.538. The number of hydrogen-bond acceptors (Lipinski definition) is 4. The van der Waals surface area contributed by atoms with Crippen LogP contribution in [0.1, 0.15) is 44.2 Å². The summed E-state index contributed by atoms with van der Waals surface area (Å²) in [5.41, 5.74) is 2.15. The molecule has 33 heavy (non-hydrogen) atoms. The molecular formula is C26H34F2N2O2S. The first-order chi connectivity index (χ1) is 15.6. The number of rotatable bonds is 6. The Morgan fingerprint density at radius 2 is 1.67 bits per heavy atom. The maximum absolute atomic E-state index is 13.7. The van der Waals surface area contributed by atoms with Gasteiger partial charge in [-0.25, -0.2) is 17.2 Å². The van der Waals surface area contributed by atoms with Crippen LogP contribution in [0.25, 0.3) is 0 Å². The van der Waals surface area contributed by atoms with Crippen LogP contribution >= 0.6 is 0 Å². The number of piperazine rings is 1. The zero-order chi connectivity index (χ0) is 23.6. The topological polar surface area (TPSA) is 40.6 Å². The predicted molar refractivity (Wildman–Crippen MR) is 129 cm³/mol. The lowest BCUT2D eigenvalue weighted by Crippen LogP contribution is -2.50. The van der Waals surface area contributed by atoms with Crippen molar-refractivity contribution >= 4 is 15.5 Å². The molecular weight excluding hydrogens is 442 g/mol.